The average molecular weight is 279 g/mol. The number of amides is 2. The molecular weight excluding hydrogens is 262 g/mol. The highest BCUT2D eigenvalue weighted by Crippen LogP contribution is 2.07. The molecule has 20 heavy (non-hydrogen) atoms. The molecule has 1 aliphatic rings. The van der Waals surface area contributed by atoms with Crippen LogP contribution in [0.15, 0.2) is 24.4 Å². The number of hydrogen-bond acceptors (Lipinski definition) is 4. The Labute approximate surface area is 116 Å². The maximum Gasteiger partial charge on any atom is 0.328 e. The number of carboxylic acids is 1. The van der Waals surface area contributed by atoms with E-state index in [4.69, 9.17) is 9.84 Å². The number of carbonyl (C=O) groups excluding carboxylic acids is 1. The van der Waals surface area contributed by atoms with Crippen LogP contribution in [0, 0.1) is 0 Å². The zero-order chi connectivity index (χ0) is 14.4. The van der Waals surface area contributed by atoms with E-state index in [0.717, 1.165) is 5.69 Å². The summed E-state index contributed by atoms with van der Waals surface area (Å²) in [5, 5.41) is 11.8. The third-order valence-corrected chi connectivity index (χ3v) is 3.06. The number of aromatic nitrogens is 1. The van der Waals surface area contributed by atoms with Crippen LogP contribution in [0.2, 0.25) is 0 Å². The van der Waals surface area contributed by atoms with Gasteiger partial charge in [0.05, 0.1) is 13.2 Å². The molecule has 7 nitrogen and oxygen atoms in total. The molecule has 2 N–H and O–H groups in total. The average Bonchev–Trinajstić information content (AvgIpc) is 2.48. The van der Waals surface area contributed by atoms with Crippen LogP contribution < -0.4 is 5.32 Å². The number of rotatable bonds is 4. The lowest BCUT2D eigenvalue weighted by Gasteiger charge is -2.32. The van der Waals surface area contributed by atoms with Crippen LogP contribution in [0.3, 0.4) is 0 Å². The van der Waals surface area contributed by atoms with Crippen molar-refractivity contribution < 1.29 is 19.4 Å². The van der Waals surface area contributed by atoms with Crippen molar-refractivity contribution in [3.05, 3.63) is 30.1 Å². The minimum Gasteiger partial charge on any atom is -0.480 e. The first-order valence-electron chi connectivity index (χ1n) is 6.43. The van der Waals surface area contributed by atoms with E-state index < -0.39 is 12.0 Å². The molecule has 2 heterocycles. The van der Waals surface area contributed by atoms with Crippen molar-refractivity contribution in [3.8, 4) is 0 Å². The van der Waals surface area contributed by atoms with Crippen molar-refractivity contribution in [1.82, 2.24) is 15.2 Å². The number of aliphatic carboxylic acids is 1. The largest absolute Gasteiger partial charge is 0.480 e. The van der Waals surface area contributed by atoms with Crippen LogP contribution in [0.25, 0.3) is 0 Å². The molecule has 108 valence electrons. The van der Waals surface area contributed by atoms with Crippen LogP contribution in [-0.4, -0.2) is 59.3 Å². The van der Waals surface area contributed by atoms with E-state index in [2.05, 4.69) is 10.3 Å². The molecule has 2 rings (SSSR count). The van der Waals surface area contributed by atoms with Gasteiger partial charge >= 0.3 is 12.0 Å². The van der Waals surface area contributed by atoms with Crippen LogP contribution in [0.4, 0.5) is 4.79 Å². The van der Waals surface area contributed by atoms with Gasteiger partial charge in [-0.2, -0.15) is 0 Å². The number of carboxylic acid groups (broad SMARTS) is 1. The summed E-state index contributed by atoms with van der Waals surface area (Å²) in [5.41, 5.74) is 0.879. The van der Waals surface area contributed by atoms with Gasteiger partial charge in [0.1, 0.15) is 0 Å². The van der Waals surface area contributed by atoms with Crippen molar-refractivity contribution >= 4 is 12.0 Å². The summed E-state index contributed by atoms with van der Waals surface area (Å²) in [6.45, 7) is 1.09. The van der Waals surface area contributed by atoms with Gasteiger partial charge in [0.15, 0.2) is 6.04 Å². The van der Waals surface area contributed by atoms with Crippen LogP contribution >= 0.6 is 0 Å². The second kappa shape index (κ2) is 6.85. The predicted octanol–water partition coefficient (Wildman–Crippen LogP) is 0.119. The Hall–Kier alpha value is -2.15. The fourth-order valence-corrected chi connectivity index (χ4v) is 2.00. The molecule has 0 aliphatic carbocycles. The van der Waals surface area contributed by atoms with E-state index in [9.17, 15) is 9.59 Å². The molecule has 1 aliphatic heterocycles. The first-order valence-corrected chi connectivity index (χ1v) is 6.43. The highest BCUT2D eigenvalue weighted by atomic mass is 16.5. The minimum absolute atomic E-state index is 0.0307. The molecule has 0 bridgehead atoms. The van der Waals surface area contributed by atoms with Gasteiger partial charge in [-0.05, 0) is 12.1 Å². The van der Waals surface area contributed by atoms with E-state index in [-0.39, 0.29) is 19.2 Å². The summed E-state index contributed by atoms with van der Waals surface area (Å²) < 4.78 is 5.09. The topological polar surface area (TPSA) is 91.8 Å². The fourth-order valence-electron chi connectivity index (χ4n) is 2.00. The summed E-state index contributed by atoms with van der Waals surface area (Å²) in [6.07, 6.45) is 2.30. The molecule has 1 aromatic rings. The molecular formula is C13H17N3O4. The second-order valence-corrected chi connectivity index (χ2v) is 4.43. The standard InChI is InChI=1S/C13H17N3O4/c17-12(18)11-9-20-8-7-16(11)13(19)15-6-4-10-3-1-2-5-14-10/h1-3,5,11H,4,6-9H2,(H,15,19)(H,17,18). The highest BCUT2D eigenvalue weighted by Gasteiger charge is 2.32. The number of hydrogen-bond donors (Lipinski definition) is 2. The zero-order valence-electron chi connectivity index (χ0n) is 11.0. The van der Waals surface area contributed by atoms with Crippen molar-refractivity contribution in [3.63, 3.8) is 0 Å². The Bertz CT molecular complexity index is 466. The first-order chi connectivity index (χ1) is 9.68. The van der Waals surface area contributed by atoms with Gasteiger partial charge in [-0.3, -0.25) is 4.98 Å². The van der Waals surface area contributed by atoms with Crippen molar-refractivity contribution in [1.29, 1.82) is 0 Å². The molecule has 1 aromatic heterocycles. The third-order valence-electron chi connectivity index (χ3n) is 3.06. The molecule has 0 radical (unpaired) electrons. The Morgan fingerprint density at radius 2 is 2.35 bits per heavy atom. The number of nitrogens with zero attached hydrogens (tertiary/aromatic N) is 2. The van der Waals surface area contributed by atoms with Crippen LogP contribution in [0.5, 0.6) is 0 Å². The second-order valence-electron chi connectivity index (χ2n) is 4.43. The maximum atomic E-state index is 12.0. The normalized spacial score (nSPS) is 18.6. The molecule has 1 atom stereocenters. The summed E-state index contributed by atoms with van der Waals surface area (Å²) in [6, 6.07) is 4.29. The molecule has 0 spiro atoms. The SMILES string of the molecule is O=C(O)C1COCCN1C(=O)NCCc1ccccn1. The molecule has 2 amide bonds. The summed E-state index contributed by atoms with van der Waals surface area (Å²) >= 11 is 0. The number of carbonyl (C=O) groups is 2. The Morgan fingerprint density at radius 1 is 1.50 bits per heavy atom. The van der Waals surface area contributed by atoms with Crippen molar-refractivity contribution in [2.24, 2.45) is 0 Å². The number of pyridine rings is 1. The number of urea groups is 1. The predicted molar refractivity (Wildman–Crippen MR) is 70.3 cm³/mol. The molecule has 1 fully saturated rings. The molecule has 0 saturated carbocycles. The smallest absolute Gasteiger partial charge is 0.328 e. The Morgan fingerprint density at radius 3 is 3.05 bits per heavy atom. The zero-order valence-corrected chi connectivity index (χ0v) is 11.0. The third kappa shape index (κ3) is 3.67. The first kappa shape index (κ1) is 14.3. The van der Waals surface area contributed by atoms with E-state index in [1.807, 2.05) is 18.2 Å². The van der Waals surface area contributed by atoms with Gasteiger partial charge in [-0.1, -0.05) is 6.07 Å². The molecule has 0 aromatic carbocycles. The van der Waals surface area contributed by atoms with Gasteiger partial charge in [-0.25, -0.2) is 9.59 Å². The Kier molecular flexibility index (Phi) is 4.89. The quantitative estimate of drug-likeness (QED) is 0.816. The highest BCUT2D eigenvalue weighted by molar-refractivity contribution is 5.83. The van der Waals surface area contributed by atoms with Crippen molar-refractivity contribution in [2.45, 2.75) is 12.5 Å². The van der Waals surface area contributed by atoms with Crippen LogP contribution in [-0.2, 0) is 16.0 Å². The van der Waals surface area contributed by atoms with Gasteiger partial charge in [0.2, 0.25) is 0 Å². The summed E-state index contributed by atoms with van der Waals surface area (Å²) in [7, 11) is 0. The fraction of sp³-hybridized carbons (Fsp3) is 0.462. The molecule has 7 heteroatoms. The lowest BCUT2D eigenvalue weighted by molar-refractivity contribution is -0.147. The van der Waals surface area contributed by atoms with Crippen LogP contribution in [0.1, 0.15) is 5.69 Å². The lowest BCUT2D eigenvalue weighted by Crippen LogP contribution is -2.55. The lowest BCUT2D eigenvalue weighted by atomic mass is 10.2. The van der Waals surface area contributed by atoms with E-state index in [1.54, 1.807) is 6.20 Å². The van der Waals surface area contributed by atoms with Gasteiger partial charge in [-0.15, -0.1) is 0 Å². The monoisotopic (exact) mass is 279 g/mol. The molecule has 1 saturated heterocycles. The number of morpholine rings is 1. The number of nitrogens with one attached hydrogen (secondary N) is 1. The number of ether oxygens (including phenoxy) is 1. The van der Waals surface area contributed by atoms with E-state index >= 15 is 0 Å². The summed E-state index contributed by atoms with van der Waals surface area (Å²) in [5.74, 6) is -1.05. The van der Waals surface area contributed by atoms with E-state index in [0.29, 0.717) is 19.6 Å². The van der Waals surface area contributed by atoms with Crippen molar-refractivity contribution in [2.75, 3.05) is 26.3 Å². The maximum absolute atomic E-state index is 12.0. The molecule has 1 unspecified atom stereocenters. The minimum atomic E-state index is -1.05. The van der Waals surface area contributed by atoms with Gasteiger partial charge in [0.25, 0.3) is 0 Å². The van der Waals surface area contributed by atoms with Gasteiger partial charge < -0.3 is 20.1 Å². The summed E-state index contributed by atoms with van der Waals surface area (Å²) in [4.78, 5) is 28.5. The Balaban J connectivity index is 1.83. The van der Waals surface area contributed by atoms with Gasteiger partial charge in [0, 0.05) is 31.4 Å². The van der Waals surface area contributed by atoms with E-state index in [1.165, 1.54) is 4.90 Å².